The summed E-state index contributed by atoms with van der Waals surface area (Å²) in [6, 6.07) is 14.0. The monoisotopic (exact) mass is 304 g/mol. The number of fused-ring (bicyclic) bond motifs is 5. The van der Waals surface area contributed by atoms with E-state index in [4.69, 9.17) is 5.11 Å². The van der Waals surface area contributed by atoms with Gasteiger partial charge in [0.1, 0.15) is 0 Å². The van der Waals surface area contributed by atoms with Gasteiger partial charge in [0, 0.05) is 0 Å². The molecule has 1 saturated carbocycles. The molecule has 23 heavy (non-hydrogen) atoms. The highest BCUT2D eigenvalue weighted by Crippen LogP contribution is 2.53. The van der Waals surface area contributed by atoms with Gasteiger partial charge in [0.25, 0.3) is 0 Å². The van der Waals surface area contributed by atoms with Crippen molar-refractivity contribution in [3.8, 4) is 0 Å². The van der Waals surface area contributed by atoms with Gasteiger partial charge in [-0.2, -0.15) is 0 Å². The Morgan fingerprint density at radius 2 is 1.65 bits per heavy atom. The van der Waals surface area contributed by atoms with Crippen LogP contribution < -0.4 is 0 Å². The van der Waals surface area contributed by atoms with E-state index < -0.39 is 5.97 Å². The average Bonchev–Trinajstić information content (AvgIpc) is 3.17. The van der Waals surface area contributed by atoms with E-state index in [1.165, 1.54) is 30.4 Å². The molecule has 1 fully saturated rings. The molecule has 116 valence electrons. The Labute approximate surface area is 136 Å². The summed E-state index contributed by atoms with van der Waals surface area (Å²) in [5.41, 5.74) is 7.00. The number of carboxylic acids is 1. The van der Waals surface area contributed by atoms with E-state index >= 15 is 0 Å². The molecule has 2 unspecified atom stereocenters. The van der Waals surface area contributed by atoms with E-state index in [9.17, 15) is 4.79 Å². The molecule has 0 radical (unpaired) electrons. The van der Waals surface area contributed by atoms with Gasteiger partial charge < -0.3 is 5.11 Å². The van der Waals surface area contributed by atoms with Crippen LogP contribution in [0.25, 0.3) is 11.6 Å². The number of allylic oxidation sites excluding steroid dienone is 1. The maximum atomic E-state index is 10.9. The van der Waals surface area contributed by atoms with Crippen molar-refractivity contribution >= 4 is 17.6 Å². The molecule has 0 saturated heterocycles. The fraction of sp³-hybridized carbons (Fsp3) is 0.286. The Kier molecular flexibility index (Phi) is 3.33. The standard InChI is InChI=1S/C21H20O2/c1-13(10-14-2-4-15(5-3-14)21(22)23)16-8-9-19-17-6-7-18(11-17)20(19)12-16/h2-5,8-10,12,17-18H,6-7,11H2,1H3,(H,22,23). The van der Waals surface area contributed by atoms with Crippen LogP contribution in [0.4, 0.5) is 0 Å². The first kappa shape index (κ1) is 14.3. The quantitative estimate of drug-likeness (QED) is 0.780. The van der Waals surface area contributed by atoms with Gasteiger partial charge >= 0.3 is 5.97 Å². The molecule has 0 spiro atoms. The summed E-state index contributed by atoms with van der Waals surface area (Å²) in [4.78, 5) is 10.9. The minimum Gasteiger partial charge on any atom is -0.478 e. The fourth-order valence-electron chi connectivity index (χ4n) is 4.15. The van der Waals surface area contributed by atoms with Crippen molar-refractivity contribution in [3.63, 3.8) is 0 Å². The molecule has 2 bridgehead atoms. The van der Waals surface area contributed by atoms with Gasteiger partial charge in [0.2, 0.25) is 0 Å². The smallest absolute Gasteiger partial charge is 0.335 e. The lowest BCUT2D eigenvalue weighted by molar-refractivity contribution is 0.0697. The van der Waals surface area contributed by atoms with Gasteiger partial charge in [-0.25, -0.2) is 4.79 Å². The normalized spacial score (nSPS) is 22.2. The summed E-state index contributed by atoms with van der Waals surface area (Å²) in [5.74, 6) is 0.695. The van der Waals surface area contributed by atoms with Crippen molar-refractivity contribution < 1.29 is 9.90 Å². The largest absolute Gasteiger partial charge is 0.478 e. The molecule has 0 aliphatic heterocycles. The lowest BCUT2D eigenvalue weighted by Gasteiger charge is -2.16. The predicted octanol–water partition coefficient (Wildman–Crippen LogP) is 5.31. The molecule has 0 heterocycles. The molecule has 2 nitrogen and oxygen atoms in total. The number of hydrogen-bond acceptors (Lipinski definition) is 1. The van der Waals surface area contributed by atoms with E-state index in [1.54, 1.807) is 23.3 Å². The first-order chi connectivity index (χ1) is 11.1. The number of benzene rings is 2. The minimum atomic E-state index is -0.883. The molecule has 2 heteroatoms. The van der Waals surface area contributed by atoms with Crippen LogP contribution in [0.3, 0.4) is 0 Å². The zero-order chi connectivity index (χ0) is 16.0. The van der Waals surface area contributed by atoms with E-state index in [2.05, 4.69) is 31.2 Å². The summed E-state index contributed by atoms with van der Waals surface area (Å²) in [7, 11) is 0. The molecule has 0 aromatic heterocycles. The predicted molar refractivity (Wildman–Crippen MR) is 92.7 cm³/mol. The molecule has 1 N–H and O–H groups in total. The Hall–Kier alpha value is -2.35. The molecule has 2 atom stereocenters. The maximum absolute atomic E-state index is 10.9. The van der Waals surface area contributed by atoms with Crippen molar-refractivity contribution in [2.45, 2.75) is 38.0 Å². The summed E-state index contributed by atoms with van der Waals surface area (Å²) in [6.45, 7) is 2.13. The molecule has 2 aliphatic carbocycles. The van der Waals surface area contributed by atoms with Gasteiger partial charge in [-0.15, -0.1) is 0 Å². The van der Waals surface area contributed by atoms with Crippen molar-refractivity contribution in [1.82, 2.24) is 0 Å². The fourth-order valence-corrected chi connectivity index (χ4v) is 4.15. The summed E-state index contributed by atoms with van der Waals surface area (Å²) < 4.78 is 0. The number of aromatic carboxylic acids is 1. The zero-order valence-corrected chi connectivity index (χ0v) is 13.3. The molecule has 0 amide bonds. The van der Waals surface area contributed by atoms with Gasteiger partial charge in [-0.1, -0.05) is 36.4 Å². The van der Waals surface area contributed by atoms with Crippen LogP contribution in [0.15, 0.2) is 42.5 Å². The van der Waals surface area contributed by atoms with Crippen LogP contribution in [0.5, 0.6) is 0 Å². The molecular weight excluding hydrogens is 284 g/mol. The number of carbonyl (C=O) groups is 1. The van der Waals surface area contributed by atoms with Crippen molar-refractivity contribution in [2.75, 3.05) is 0 Å². The van der Waals surface area contributed by atoms with E-state index in [0.717, 1.165) is 17.4 Å². The highest BCUT2D eigenvalue weighted by Gasteiger charge is 2.36. The van der Waals surface area contributed by atoms with E-state index in [1.807, 2.05) is 12.1 Å². The summed E-state index contributed by atoms with van der Waals surface area (Å²) in [6.07, 6.45) is 6.18. The van der Waals surface area contributed by atoms with Crippen molar-refractivity contribution in [1.29, 1.82) is 0 Å². The molecule has 2 aliphatic rings. The molecule has 2 aromatic carbocycles. The second-order valence-corrected chi connectivity index (χ2v) is 6.81. The topological polar surface area (TPSA) is 37.3 Å². The Morgan fingerprint density at radius 1 is 1.00 bits per heavy atom. The maximum Gasteiger partial charge on any atom is 0.335 e. The third kappa shape index (κ3) is 2.48. The lowest BCUT2D eigenvalue weighted by atomic mass is 9.89. The summed E-state index contributed by atoms with van der Waals surface area (Å²) >= 11 is 0. The van der Waals surface area contributed by atoms with Crippen LogP contribution in [-0.4, -0.2) is 11.1 Å². The second-order valence-electron chi connectivity index (χ2n) is 6.81. The van der Waals surface area contributed by atoms with Gasteiger partial charge in [0.15, 0.2) is 0 Å². The Balaban J connectivity index is 1.63. The number of carboxylic acid groups (broad SMARTS) is 1. The first-order valence-electron chi connectivity index (χ1n) is 8.27. The summed E-state index contributed by atoms with van der Waals surface area (Å²) in [5, 5.41) is 8.96. The molecule has 2 aromatic rings. The zero-order valence-electron chi connectivity index (χ0n) is 13.3. The van der Waals surface area contributed by atoms with Gasteiger partial charge in [-0.3, -0.25) is 0 Å². The highest BCUT2D eigenvalue weighted by molar-refractivity contribution is 5.88. The van der Waals surface area contributed by atoms with Crippen LogP contribution >= 0.6 is 0 Å². The third-order valence-corrected chi connectivity index (χ3v) is 5.40. The van der Waals surface area contributed by atoms with E-state index in [-0.39, 0.29) is 0 Å². The average molecular weight is 304 g/mol. The van der Waals surface area contributed by atoms with Gasteiger partial charge in [-0.05, 0) is 78.0 Å². The minimum absolute atomic E-state index is 0.327. The van der Waals surface area contributed by atoms with Crippen LogP contribution in [0, 0.1) is 0 Å². The lowest BCUT2D eigenvalue weighted by Crippen LogP contribution is -1.98. The van der Waals surface area contributed by atoms with Crippen LogP contribution in [0.2, 0.25) is 0 Å². The van der Waals surface area contributed by atoms with Crippen molar-refractivity contribution in [3.05, 3.63) is 70.3 Å². The molecule has 4 rings (SSSR count). The molecular formula is C21H20O2. The highest BCUT2D eigenvalue weighted by atomic mass is 16.4. The second kappa shape index (κ2) is 5.38. The first-order valence-corrected chi connectivity index (χ1v) is 8.27. The SMILES string of the molecule is CC(=Cc1ccc(C(=O)O)cc1)c1ccc2c(c1)C1CCC2C1. The van der Waals surface area contributed by atoms with Crippen molar-refractivity contribution in [2.24, 2.45) is 0 Å². The van der Waals surface area contributed by atoms with E-state index in [0.29, 0.717) is 5.56 Å². The number of hydrogen-bond donors (Lipinski definition) is 1. The van der Waals surface area contributed by atoms with Crippen LogP contribution in [-0.2, 0) is 0 Å². The number of rotatable bonds is 3. The van der Waals surface area contributed by atoms with Crippen LogP contribution in [0.1, 0.15) is 70.6 Å². The third-order valence-electron chi connectivity index (χ3n) is 5.40. The Bertz CT molecular complexity index is 799. The van der Waals surface area contributed by atoms with Gasteiger partial charge in [0.05, 0.1) is 5.56 Å². The Morgan fingerprint density at radius 3 is 2.35 bits per heavy atom.